The smallest absolute Gasteiger partial charge is 0.275 e. The largest absolute Gasteiger partial charge is 0.437 e. The number of aromatic nitrogens is 4. The minimum absolute atomic E-state index is 0.197. The highest BCUT2D eigenvalue weighted by Gasteiger charge is 2.37. The van der Waals surface area contributed by atoms with E-state index in [0.29, 0.717) is 16.8 Å². The Bertz CT molecular complexity index is 1010. The zero-order valence-electron chi connectivity index (χ0n) is 11.6. The minimum atomic E-state index is -4.57. The van der Waals surface area contributed by atoms with Gasteiger partial charge in [-0.15, -0.1) is 0 Å². The van der Waals surface area contributed by atoms with E-state index in [0.717, 1.165) is 5.39 Å². The average Bonchev–Trinajstić information content (AvgIpc) is 2.99. The molecule has 4 nitrogen and oxygen atoms in total. The van der Waals surface area contributed by atoms with Gasteiger partial charge in [0, 0.05) is 17.0 Å². The van der Waals surface area contributed by atoms with Crippen LogP contribution in [0.3, 0.4) is 0 Å². The first-order valence-corrected chi connectivity index (χ1v) is 6.81. The van der Waals surface area contributed by atoms with Crippen molar-refractivity contribution in [1.82, 2.24) is 20.2 Å². The lowest BCUT2D eigenvalue weighted by molar-refractivity contribution is -0.140. The second-order valence-corrected chi connectivity index (χ2v) is 5.01. The molecule has 0 saturated heterocycles. The van der Waals surface area contributed by atoms with Crippen LogP contribution in [0.2, 0.25) is 0 Å². The molecule has 0 aliphatic rings. The Hall–Kier alpha value is -2.96. The van der Waals surface area contributed by atoms with Crippen LogP contribution in [0.5, 0.6) is 0 Å². The van der Waals surface area contributed by atoms with Gasteiger partial charge in [0.2, 0.25) is 0 Å². The van der Waals surface area contributed by atoms with Crippen molar-refractivity contribution in [3.8, 4) is 11.4 Å². The normalized spacial score (nSPS) is 12.1. The summed E-state index contributed by atoms with van der Waals surface area (Å²) in [6.07, 6.45) is -2.99. The summed E-state index contributed by atoms with van der Waals surface area (Å²) in [5, 5.41) is 7.23. The van der Waals surface area contributed by atoms with Crippen molar-refractivity contribution in [2.24, 2.45) is 0 Å². The van der Waals surface area contributed by atoms with E-state index < -0.39 is 11.9 Å². The fourth-order valence-electron chi connectivity index (χ4n) is 2.61. The molecule has 3 heterocycles. The Balaban J connectivity index is 2.16. The SMILES string of the molecule is FC(F)(F)c1n[nH]c2c1nc(-c1ccccn1)c1ccccc12. The highest BCUT2D eigenvalue weighted by atomic mass is 19.4. The molecule has 0 amide bonds. The van der Waals surface area contributed by atoms with Crippen molar-refractivity contribution in [3.05, 3.63) is 54.4 Å². The maximum Gasteiger partial charge on any atom is 0.437 e. The summed E-state index contributed by atoms with van der Waals surface area (Å²) >= 11 is 0. The molecule has 0 saturated carbocycles. The van der Waals surface area contributed by atoms with Crippen LogP contribution in [0.1, 0.15) is 5.69 Å². The Morgan fingerprint density at radius 1 is 0.913 bits per heavy atom. The number of aromatic amines is 1. The van der Waals surface area contributed by atoms with Crippen LogP contribution >= 0.6 is 0 Å². The molecule has 1 N–H and O–H groups in total. The van der Waals surface area contributed by atoms with E-state index in [9.17, 15) is 13.2 Å². The number of nitrogens with zero attached hydrogens (tertiary/aromatic N) is 3. The number of nitrogens with one attached hydrogen (secondary N) is 1. The van der Waals surface area contributed by atoms with Gasteiger partial charge in [0.15, 0.2) is 5.69 Å². The summed E-state index contributed by atoms with van der Waals surface area (Å²) < 4.78 is 39.4. The molecule has 23 heavy (non-hydrogen) atoms. The number of hydrogen-bond acceptors (Lipinski definition) is 3. The maximum atomic E-state index is 13.1. The van der Waals surface area contributed by atoms with Crippen molar-refractivity contribution >= 4 is 21.8 Å². The van der Waals surface area contributed by atoms with E-state index in [1.165, 1.54) is 0 Å². The monoisotopic (exact) mass is 314 g/mol. The highest BCUT2D eigenvalue weighted by Crippen LogP contribution is 2.37. The molecule has 1 aromatic carbocycles. The van der Waals surface area contributed by atoms with Crippen LogP contribution < -0.4 is 0 Å². The first-order valence-electron chi connectivity index (χ1n) is 6.81. The van der Waals surface area contributed by atoms with Crippen molar-refractivity contribution in [3.63, 3.8) is 0 Å². The first kappa shape index (κ1) is 13.7. The standard InChI is InChI=1S/C16H9F3N4/c17-16(18,19)15-14-13(22-23-15)10-6-2-1-5-9(10)12(21-14)11-7-3-4-8-20-11/h1-8H,(H,22,23). The van der Waals surface area contributed by atoms with Gasteiger partial charge >= 0.3 is 6.18 Å². The van der Waals surface area contributed by atoms with Gasteiger partial charge in [-0.2, -0.15) is 18.3 Å². The molecule has 0 radical (unpaired) electrons. The molecule has 114 valence electrons. The number of alkyl halides is 3. The van der Waals surface area contributed by atoms with Crippen LogP contribution in [-0.4, -0.2) is 20.2 Å². The molecular weight excluding hydrogens is 305 g/mol. The second kappa shape index (κ2) is 4.77. The van der Waals surface area contributed by atoms with Crippen LogP contribution in [0.15, 0.2) is 48.7 Å². The summed E-state index contributed by atoms with van der Waals surface area (Å²) in [6, 6.07) is 12.3. The van der Waals surface area contributed by atoms with Gasteiger partial charge in [0.05, 0.1) is 16.9 Å². The number of H-pyrrole nitrogens is 1. The van der Waals surface area contributed by atoms with E-state index in [1.807, 2.05) is 6.07 Å². The van der Waals surface area contributed by atoms with Gasteiger partial charge < -0.3 is 0 Å². The van der Waals surface area contributed by atoms with Crippen molar-refractivity contribution < 1.29 is 13.2 Å². The topological polar surface area (TPSA) is 54.5 Å². The van der Waals surface area contributed by atoms with E-state index in [1.54, 1.807) is 42.6 Å². The predicted octanol–water partition coefficient (Wildman–Crippen LogP) is 4.19. The molecule has 0 bridgehead atoms. The number of benzene rings is 1. The van der Waals surface area contributed by atoms with Gasteiger partial charge in [-0.1, -0.05) is 30.3 Å². The van der Waals surface area contributed by atoms with E-state index in [-0.39, 0.29) is 11.0 Å². The van der Waals surface area contributed by atoms with Gasteiger partial charge in [-0.05, 0) is 12.1 Å². The van der Waals surface area contributed by atoms with E-state index in [2.05, 4.69) is 20.2 Å². The third kappa shape index (κ3) is 2.12. The average molecular weight is 314 g/mol. The molecule has 4 rings (SSSR count). The maximum absolute atomic E-state index is 13.1. The summed E-state index contributed by atoms with van der Waals surface area (Å²) in [5.74, 6) is 0. The van der Waals surface area contributed by atoms with Gasteiger partial charge in [-0.25, -0.2) is 4.98 Å². The third-order valence-electron chi connectivity index (χ3n) is 3.59. The summed E-state index contributed by atoms with van der Waals surface area (Å²) in [7, 11) is 0. The molecule has 0 atom stereocenters. The lowest BCUT2D eigenvalue weighted by atomic mass is 10.1. The Kier molecular flexibility index (Phi) is 2.84. The third-order valence-corrected chi connectivity index (χ3v) is 3.59. The molecule has 0 fully saturated rings. The van der Waals surface area contributed by atoms with Crippen molar-refractivity contribution in [1.29, 1.82) is 0 Å². The molecule has 0 unspecified atom stereocenters. The van der Waals surface area contributed by atoms with E-state index >= 15 is 0 Å². The molecule has 0 spiro atoms. The Morgan fingerprint density at radius 2 is 1.65 bits per heavy atom. The quantitative estimate of drug-likeness (QED) is 0.573. The minimum Gasteiger partial charge on any atom is -0.275 e. The number of pyridine rings is 2. The highest BCUT2D eigenvalue weighted by molar-refractivity contribution is 6.09. The molecule has 3 aromatic heterocycles. The molecule has 0 aliphatic heterocycles. The summed E-state index contributed by atoms with van der Waals surface area (Å²) in [6.45, 7) is 0. The number of fused-ring (bicyclic) bond motifs is 3. The lowest BCUT2D eigenvalue weighted by Crippen LogP contribution is -2.06. The van der Waals surface area contributed by atoms with Crippen LogP contribution in [0, 0.1) is 0 Å². The van der Waals surface area contributed by atoms with Crippen LogP contribution in [0.4, 0.5) is 13.2 Å². The predicted molar refractivity (Wildman–Crippen MR) is 79.6 cm³/mol. The van der Waals surface area contributed by atoms with E-state index in [4.69, 9.17) is 0 Å². The van der Waals surface area contributed by atoms with Gasteiger partial charge in [0.1, 0.15) is 5.52 Å². The molecule has 4 aromatic rings. The van der Waals surface area contributed by atoms with Gasteiger partial charge in [0.25, 0.3) is 0 Å². The fraction of sp³-hybridized carbons (Fsp3) is 0.0625. The number of rotatable bonds is 1. The summed E-state index contributed by atoms with van der Waals surface area (Å²) in [5.41, 5.74) is -0.0274. The second-order valence-electron chi connectivity index (χ2n) is 5.01. The number of halogens is 3. The van der Waals surface area contributed by atoms with Crippen LogP contribution in [0.25, 0.3) is 33.2 Å². The summed E-state index contributed by atoms with van der Waals surface area (Å²) in [4.78, 5) is 8.43. The van der Waals surface area contributed by atoms with Gasteiger partial charge in [-0.3, -0.25) is 10.1 Å². The van der Waals surface area contributed by atoms with Crippen molar-refractivity contribution in [2.45, 2.75) is 6.18 Å². The Morgan fingerprint density at radius 3 is 2.35 bits per heavy atom. The zero-order valence-corrected chi connectivity index (χ0v) is 11.6. The number of hydrogen-bond donors (Lipinski definition) is 1. The zero-order chi connectivity index (χ0) is 16.0. The lowest BCUT2D eigenvalue weighted by Gasteiger charge is -2.08. The Labute approximate surface area is 128 Å². The first-order chi connectivity index (χ1) is 11.1. The van der Waals surface area contributed by atoms with Crippen molar-refractivity contribution in [2.75, 3.05) is 0 Å². The van der Waals surface area contributed by atoms with Crippen LogP contribution in [-0.2, 0) is 6.18 Å². The molecular formula is C16H9F3N4. The molecule has 0 aliphatic carbocycles. The molecule has 7 heteroatoms. The fourth-order valence-corrected chi connectivity index (χ4v) is 2.61.